The van der Waals surface area contributed by atoms with Crippen LogP contribution in [-0.2, 0) is 15.6 Å². The van der Waals surface area contributed by atoms with Crippen LogP contribution in [-0.4, -0.2) is 17.7 Å². The molecule has 3 aromatic rings. The molecule has 1 aliphatic rings. The Bertz CT molecular complexity index is 1230. The monoisotopic (exact) mass is 460 g/mol. The number of nitrogens with zero attached hydrogens (tertiary/aromatic N) is 3. The summed E-state index contributed by atoms with van der Waals surface area (Å²) in [5.74, 6) is 0.0294. The molecule has 1 amide bonds. The standard InChI is InChI=1S/C21H12F4N4O4/c22-20(23)18-10-15(3-6-19(18)32-21(24,25)33-20)29(12-30)28-13-1-4-16(5-2-13)31-17-7-8-27-14(9-17)11-26/h1-10,12,28H. The Morgan fingerprint density at radius 1 is 1.06 bits per heavy atom. The van der Waals surface area contributed by atoms with Gasteiger partial charge < -0.3 is 9.47 Å². The van der Waals surface area contributed by atoms with Crippen LogP contribution in [0.5, 0.6) is 17.2 Å². The van der Waals surface area contributed by atoms with Crippen molar-refractivity contribution < 1.29 is 36.6 Å². The Labute approximate surface area is 183 Å². The maximum Gasteiger partial charge on any atom is 0.540 e. The minimum atomic E-state index is -4.49. The molecule has 0 saturated carbocycles. The number of hydrogen-bond donors (Lipinski definition) is 1. The van der Waals surface area contributed by atoms with E-state index in [1.165, 1.54) is 24.4 Å². The number of anilines is 2. The van der Waals surface area contributed by atoms with E-state index in [0.29, 0.717) is 23.6 Å². The Hall–Kier alpha value is -4.37. The Morgan fingerprint density at radius 3 is 2.52 bits per heavy atom. The molecule has 12 heteroatoms. The quantitative estimate of drug-likeness (QED) is 0.322. The van der Waals surface area contributed by atoms with Crippen molar-refractivity contribution in [3.63, 3.8) is 0 Å². The average Bonchev–Trinajstić information content (AvgIpc) is 2.77. The predicted octanol–water partition coefficient (Wildman–Crippen LogP) is 4.74. The molecule has 0 aliphatic carbocycles. The van der Waals surface area contributed by atoms with E-state index in [1.54, 1.807) is 18.2 Å². The summed E-state index contributed by atoms with van der Waals surface area (Å²) < 4.78 is 67.5. The number of alkyl halides is 4. The van der Waals surface area contributed by atoms with Crippen LogP contribution in [0.15, 0.2) is 60.8 Å². The zero-order chi connectivity index (χ0) is 23.6. The number of amides is 1. The van der Waals surface area contributed by atoms with Crippen molar-refractivity contribution in [1.29, 1.82) is 5.26 Å². The van der Waals surface area contributed by atoms with Crippen LogP contribution in [0.3, 0.4) is 0 Å². The van der Waals surface area contributed by atoms with E-state index < -0.39 is 23.7 Å². The van der Waals surface area contributed by atoms with Gasteiger partial charge in [0.15, 0.2) is 0 Å². The zero-order valence-corrected chi connectivity index (χ0v) is 16.3. The van der Waals surface area contributed by atoms with Crippen LogP contribution in [0.25, 0.3) is 0 Å². The van der Waals surface area contributed by atoms with Crippen LogP contribution in [0.2, 0.25) is 0 Å². The fourth-order valence-corrected chi connectivity index (χ4v) is 2.90. The van der Waals surface area contributed by atoms with E-state index in [4.69, 9.17) is 10.00 Å². The number of halogens is 4. The third kappa shape index (κ3) is 4.78. The second-order valence-electron chi connectivity index (χ2n) is 6.57. The Morgan fingerprint density at radius 2 is 1.82 bits per heavy atom. The lowest BCUT2D eigenvalue weighted by Gasteiger charge is -2.31. The summed E-state index contributed by atoms with van der Waals surface area (Å²) >= 11 is 0. The maximum atomic E-state index is 14.0. The molecule has 4 rings (SSSR count). The summed E-state index contributed by atoms with van der Waals surface area (Å²) in [4.78, 5) is 15.4. The minimum absolute atomic E-state index is 0.0815. The van der Waals surface area contributed by atoms with Crippen LogP contribution in [0.4, 0.5) is 28.9 Å². The number of rotatable bonds is 6. The van der Waals surface area contributed by atoms with Crippen LogP contribution >= 0.6 is 0 Å². The minimum Gasteiger partial charge on any atom is -0.457 e. The molecule has 0 radical (unpaired) electrons. The molecule has 1 aromatic heterocycles. The molecular weight excluding hydrogens is 448 g/mol. The number of fused-ring (bicyclic) bond motifs is 1. The van der Waals surface area contributed by atoms with Gasteiger partial charge in [0.2, 0.25) is 6.41 Å². The summed E-state index contributed by atoms with van der Waals surface area (Å²) in [6.07, 6.45) is -7.09. The van der Waals surface area contributed by atoms with Gasteiger partial charge in [0.1, 0.15) is 29.0 Å². The van der Waals surface area contributed by atoms with Gasteiger partial charge in [-0.2, -0.15) is 14.0 Å². The fourth-order valence-electron chi connectivity index (χ4n) is 2.90. The van der Waals surface area contributed by atoms with Gasteiger partial charge in [-0.05, 0) is 48.5 Å². The first-order valence-corrected chi connectivity index (χ1v) is 9.14. The first-order chi connectivity index (χ1) is 15.7. The number of carbonyl (C=O) groups is 1. The lowest BCUT2D eigenvalue weighted by atomic mass is 10.1. The number of carbonyl (C=O) groups excluding carboxylic acids is 1. The van der Waals surface area contributed by atoms with Crippen molar-refractivity contribution in [2.24, 2.45) is 0 Å². The molecule has 0 spiro atoms. The van der Waals surface area contributed by atoms with Gasteiger partial charge in [-0.3, -0.25) is 10.2 Å². The molecule has 0 bridgehead atoms. The summed E-state index contributed by atoms with van der Waals surface area (Å²) in [6.45, 7) is 0. The third-order valence-electron chi connectivity index (χ3n) is 4.32. The van der Waals surface area contributed by atoms with Gasteiger partial charge in [-0.1, -0.05) is 0 Å². The zero-order valence-electron chi connectivity index (χ0n) is 16.3. The van der Waals surface area contributed by atoms with E-state index in [2.05, 4.69) is 19.9 Å². The van der Waals surface area contributed by atoms with Crippen molar-refractivity contribution in [2.75, 3.05) is 10.4 Å². The molecule has 1 N–H and O–H groups in total. The van der Waals surface area contributed by atoms with Gasteiger partial charge in [0.25, 0.3) is 0 Å². The van der Waals surface area contributed by atoms with E-state index in [9.17, 15) is 22.4 Å². The average molecular weight is 460 g/mol. The van der Waals surface area contributed by atoms with E-state index in [-0.39, 0.29) is 11.4 Å². The molecule has 0 saturated heterocycles. The van der Waals surface area contributed by atoms with Gasteiger partial charge in [-0.15, -0.1) is 8.78 Å². The molecule has 0 atom stereocenters. The Balaban J connectivity index is 1.50. The molecule has 33 heavy (non-hydrogen) atoms. The number of pyridine rings is 1. The molecule has 0 fully saturated rings. The number of aromatic nitrogens is 1. The molecular formula is C21H12F4N4O4. The van der Waals surface area contributed by atoms with Crippen LogP contribution < -0.4 is 19.9 Å². The number of nitrogens with one attached hydrogen (secondary N) is 1. The van der Waals surface area contributed by atoms with Gasteiger partial charge in [0, 0.05) is 12.3 Å². The highest BCUT2D eigenvalue weighted by molar-refractivity contribution is 5.79. The predicted molar refractivity (Wildman–Crippen MR) is 105 cm³/mol. The molecule has 1 aliphatic heterocycles. The first kappa shape index (κ1) is 21.8. The SMILES string of the molecule is N#Cc1cc(Oc2ccc(NN(C=O)c3ccc4c(c3)C(F)(F)OC(F)(F)O4)cc2)ccn1. The van der Waals surface area contributed by atoms with Crippen molar-refractivity contribution >= 4 is 17.8 Å². The van der Waals surface area contributed by atoms with E-state index >= 15 is 0 Å². The van der Waals surface area contributed by atoms with Crippen molar-refractivity contribution in [3.05, 3.63) is 72.1 Å². The summed E-state index contributed by atoms with van der Waals surface area (Å²) in [6, 6.07) is 13.9. The number of nitriles is 1. The highest BCUT2D eigenvalue weighted by atomic mass is 19.3. The van der Waals surface area contributed by atoms with E-state index in [0.717, 1.165) is 23.2 Å². The normalized spacial score (nSPS) is 15.4. The van der Waals surface area contributed by atoms with Crippen LogP contribution in [0, 0.1) is 11.3 Å². The van der Waals surface area contributed by atoms with Crippen molar-refractivity contribution in [1.82, 2.24) is 4.98 Å². The van der Waals surface area contributed by atoms with Gasteiger partial charge >= 0.3 is 12.4 Å². The number of ether oxygens (including phenoxy) is 3. The first-order valence-electron chi connectivity index (χ1n) is 9.14. The number of benzene rings is 2. The van der Waals surface area contributed by atoms with E-state index in [1.807, 2.05) is 6.07 Å². The highest BCUT2D eigenvalue weighted by Crippen LogP contribution is 2.47. The van der Waals surface area contributed by atoms with Crippen LogP contribution in [0.1, 0.15) is 11.3 Å². The van der Waals surface area contributed by atoms with Gasteiger partial charge in [0.05, 0.1) is 16.9 Å². The molecule has 0 unspecified atom stereocenters. The largest absolute Gasteiger partial charge is 0.540 e. The molecule has 2 aromatic carbocycles. The third-order valence-corrected chi connectivity index (χ3v) is 4.32. The second-order valence-corrected chi connectivity index (χ2v) is 6.57. The number of hydrogen-bond acceptors (Lipinski definition) is 7. The lowest BCUT2D eigenvalue weighted by molar-refractivity contribution is -0.461. The van der Waals surface area contributed by atoms with Crippen molar-refractivity contribution in [3.8, 4) is 23.3 Å². The second kappa shape index (κ2) is 8.29. The summed E-state index contributed by atoms with van der Waals surface area (Å²) in [7, 11) is 0. The van der Waals surface area contributed by atoms with Crippen molar-refractivity contribution in [2.45, 2.75) is 12.4 Å². The maximum absolute atomic E-state index is 14.0. The fraction of sp³-hybridized carbons (Fsp3) is 0.0952. The number of hydrazine groups is 1. The molecule has 168 valence electrons. The molecule has 2 heterocycles. The topological polar surface area (TPSA) is 96.7 Å². The smallest absolute Gasteiger partial charge is 0.457 e. The van der Waals surface area contributed by atoms with Gasteiger partial charge in [-0.25, -0.2) is 14.7 Å². The Kier molecular flexibility index (Phi) is 5.49. The summed E-state index contributed by atoms with van der Waals surface area (Å²) in [5.41, 5.74) is 2.21. The lowest BCUT2D eigenvalue weighted by Crippen LogP contribution is -2.41. The molecule has 8 nitrogen and oxygen atoms in total. The summed E-state index contributed by atoms with van der Waals surface area (Å²) in [5, 5.41) is 9.75. The highest BCUT2D eigenvalue weighted by Gasteiger charge is 2.54.